The molecule has 1 aliphatic heterocycles. The van der Waals surface area contributed by atoms with Crippen LogP contribution in [0.3, 0.4) is 0 Å². The molecule has 1 aliphatic carbocycles. The summed E-state index contributed by atoms with van der Waals surface area (Å²) in [5.74, 6) is 2.87. The highest BCUT2D eigenvalue weighted by Gasteiger charge is 2.37. The lowest BCUT2D eigenvalue weighted by Gasteiger charge is -2.33. The fourth-order valence-electron chi connectivity index (χ4n) is 4.92. The minimum Gasteiger partial charge on any atom is -0.493 e. The lowest BCUT2D eigenvalue weighted by molar-refractivity contribution is -1.02. The van der Waals surface area contributed by atoms with Gasteiger partial charge < -0.3 is 24.0 Å². The van der Waals surface area contributed by atoms with Gasteiger partial charge in [-0.2, -0.15) is 0 Å². The van der Waals surface area contributed by atoms with Crippen molar-refractivity contribution >= 4 is 0 Å². The van der Waals surface area contributed by atoms with Crippen LogP contribution in [-0.2, 0) is 0 Å². The number of likely N-dealkylation sites (N-methyl/N-ethyl adjacent to an activating group) is 1. The number of nitrogens with zero attached hydrogens (tertiary/aromatic N) is 4. The van der Waals surface area contributed by atoms with Gasteiger partial charge in [0.25, 0.3) is 0 Å². The summed E-state index contributed by atoms with van der Waals surface area (Å²) in [5.41, 5.74) is 1.09. The van der Waals surface area contributed by atoms with Crippen molar-refractivity contribution in [3.8, 4) is 17.2 Å². The Labute approximate surface area is 177 Å². The van der Waals surface area contributed by atoms with Crippen LogP contribution in [0.4, 0.5) is 0 Å². The van der Waals surface area contributed by atoms with Crippen LogP contribution in [0.25, 0.3) is 0 Å². The molecule has 30 heavy (non-hydrogen) atoms. The maximum atomic E-state index is 5.64. The van der Waals surface area contributed by atoms with Crippen molar-refractivity contribution in [3.05, 3.63) is 23.5 Å². The van der Waals surface area contributed by atoms with E-state index in [1.165, 1.54) is 17.7 Å². The van der Waals surface area contributed by atoms with Crippen molar-refractivity contribution in [2.24, 2.45) is 0 Å². The van der Waals surface area contributed by atoms with Gasteiger partial charge in [0.05, 0.1) is 34.4 Å². The average Bonchev–Trinajstić information content (AvgIpc) is 3.46. The van der Waals surface area contributed by atoms with Crippen molar-refractivity contribution in [2.75, 3.05) is 54.6 Å². The molecule has 2 fully saturated rings. The van der Waals surface area contributed by atoms with Gasteiger partial charge in [0, 0.05) is 5.56 Å². The smallest absolute Gasteiger partial charge is 0.214 e. The van der Waals surface area contributed by atoms with Gasteiger partial charge in [-0.15, -0.1) is 5.10 Å². The van der Waals surface area contributed by atoms with Gasteiger partial charge in [-0.25, -0.2) is 4.68 Å². The van der Waals surface area contributed by atoms with Gasteiger partial charge in [-0.3, -0.25) is 0 Å². The summed E-state index contributed by atoms with van der Waals surface area (Å²) < 4.78 is 18.9. The molecule has 0 bridgehead atoms. The van der Waals surface area contributed by atoms with Crippen LogP contribution in [-0.4, -0.2) is 74.8 Å². The van der Waals surface area contributed by atoms with E-state index in [-0.39, 0.29) is 6.04 Å². The Hall–Kier alpha value is -2.39. The molecule has 9 nitrogen and oxygen atoms in total. The highest BCUT2D eigenvalue weighted by Crippen LogP contribution is 2.40. The molecule has 2 aromatic rings. The first-order valence-corrected chi connectivity index (χ1v) is 10.9. The summed E-state index contributed by atoms with van der Waals surface area (Å²) in [6.45, 7) is 4.37. The SMILES string of the molecule is COc1cc([C@@H](c2nnnn2C2CCCC2)[NH+]2CC[NH+](C)CC2)cc(OC)c1OC. The normalized spacial score (nSPS) is 23.3. The number of hydrogen-bond donors (Lipinski definition) is 2. The van der Waals surface area contributed by atoms with Crippen LogP contribution < -0.4 is 24.0 Å². The standard InChI is InChI=1S/C21H32N6O3/c1-25-9-11-26(12-10-25)19(21-22-23-24-27(21)16-7-5-6-8-16)15-13-17(28-2)20(30-4)18(14-15)29-3/h13-14,16,19H,5-12H2,1-4H3/p+2/t19-/m0/s1. The van der Waals surface area contributed by atoms with Crippen LogP contribution >= 0.6 is 0 Å². The van der Waals surface area contributed by atoms with E-state index in [1.54, 1.807) is 26.2 Å². The summed E-state index contributed by atoms with van der Waals surface area (Å²) in [7, 11) is 7.20. The number of hydrogen-bond acceptors (Lipinski definition) is 6. The molecule has 0 radical (unpaired) electrons. The maximum Gasteiger partial charge on any atom is 0.214 e. The molecule has 1 aromatic heterocycles. The van der Waals surface area contributed by atoms with Crippen LogP contribution in [0.1, 0.15) is 49.2 Å². The summed E-state index contributed by atoms with van der Waals surface area (Å²) >= 11 is 0. The third kappa shape index (κ3) is 3.96. The highest BCUT2D eigenvalue weighted by atomic mass is 16.5. The number of ether oxygens (including phenoxy) is 3. The van der Waals surface area contributed by atoms with E-state index in [4.69, 9.17) is 14.2 Å². The van der Waals surface area contributed by atoms with Crippen molar-refractivity contribution in [1.29, 1.82) is 0 Å². The number of tetrazole rings is 1. The third-order valence-electron chi connectivity index (χ3n) is 6.62. The molecule has 1 aromatic carbocycles. The quantitative estimate of drug-likeness (QED) is 0.620. The Bertz CT molecular complexity index is 818. The second kappa shape index (κ2) is 9.18. The highest BCUT2D eigenvalue weighted by molar-refractivity contribution is 5.54. The van der Waals surface area contributed by atoms with Gasteiger partial charge in [0.1, 0.15) is 26.2 Å². The summed E-state index contributed by atoms with van der Waals surface area (Å²) in [6, 6.07) is 4.51. The van der Waals surface area contributed by atoms with E-state index in [0.29, 0.717) is 23.3 Å². The largest absolute Gasteiger partial charge is 0.493 e. The van der Waals surface area contributed by atoms with Crippen LogP contribution in [0.15, 0.2) is 12.1 Å². The van der Waals surface area contributed by atoms with E-state index in [0.717, 1.165) is 50.4 Å². The van der Waals surface area contributed by atoms with Crippen LogP contribution in [0.5, 0.6) is 17.2 Å². The van der Waals surface area contributed by atoms with E-state index in [2.05, 4.69) is 39.4 Å². The maximum absolute atomic E-state index is 5.64. The number of nitrogens with one attached hydrogen (secondary N) is 2. The lowest BCUT2D eigenvalue weighted by Crippen LogP contribution is -3.27. The average molecular weight is 419 g/mol. The van der Waals surface area contributed by atoms with Crippen molar-refractivity contribution < 1.29 is 24.0 Å². The molecule has 0 amide bonds. The molecular weight excluding hydrogens is 384 g/mol. The number of aromatic nitrogens is 4. The molecular formula is C21H34N6O3+2. The molecule has 164 valence electrons. The minimum absolute atomic E-state index is 0.0161. The third-order valence-corrected chi connectivity index (χ3v) is 6.62. The Morgan fingerprint density at radius 2 is 1.60 bits per heavy atom. The number of methoxy groups -OCH3 is 3. The van der Waals surface area contributed by atoms with Gasteiger partial charge in [-0.05, 0) is 35.4 Å². The predicted molar refractivity (Wildman–Crippen MR) is 111 cm³/mol. The van der Waals surface area contributed by atoms with Crippen molar-refractivity contribution in [1.82, 2.24) is 20.2 Å². The zero-order valence-corrected chi connectivity index (χ0v) is 18.5. The monoisotopic (exact) mass is 418 g/mol. The second-order valence-electron chi connectivity index (χ2n) is 8.43. The minimum atomic E-state index is 0.0161. The molecule has 1 saturated carbocycles. The zero-order valence-electron chi connectivity index (χ0n) is 18.5. The van der Waals surface area contributed by atoms with E-state index < -0.39 is 0 Å². The molecule has 2 heterocycles. The fourth-order valence-corrected chi connectivity index (χ4v) is 4.92. The summed E-state index contributed by atoms with van der Waals surface area (Å²) in [6.07, 6.45) is 4.76. The first-order chi connectivity index (χ1) is 14.7. The van der Waals surface area contributed by atoms with E-state index in [9.17, 15) is 0 Å². The van der Waals surface area contributed by atoms with Crippen LogP contribution in [0, 0.1) is 0 Å². The first-order valence-electron chi connectivity index (χ1n) is 10.9. The van der Waals surface area contributed by atoms with Gasteiger partial charge >= 0.3 is 0 Å². The Kier molecular flexibility index (Phi) is 6.38. The number of benzene rings is 1. The molecule has 4 rings (SSSR count). The van der Waals surface area contributed by atoms with E-state index >= 15 is 0 Å². The summed E-state index contributed by atoms with van der Waals surface area (Å²) in [4.78, 5) is 3.04. The molecule has 1 saturated heterocycles. The first kappa shape index (κ1) is 20.9. The topological polar surface area (TPSA) is 80.2 Å². The number of rotatable bonds is 7. The number of quaternary nitrogens is 2. The van der Waals surface area contributed by atoms with Gasteiger partial charge in [-0.1, -0.05) is 12.8 Å². The van der Waals surface area contributed by atoms with Crippen molar-refractivity contribution in [2.45, 2.75) is 37.8 Å². The fraction of sp³-hybridized carbons (Fsp3) is 0.667. The molecule has 0 spiro atoms. The second-order valence-corrected chi connectivity index (χ2v) is 8.43. The Morgan fingerprint density at radius 1 is 0.967 bits per heavy atom. The zero-order chi connectivity index (χ0) is 21.1. The Morgan fingerprint density at radius 3 is 2.17 bits per heavy atom. The molecule has 2 N–H and O–H groups in total. The molecule has 9 heteroatoms. The molecule has 2 aliphatic rings. The van der Waals surface area contributed by atoms with Gasteiger partial charge in [0.2, 0.25) is 11.6 Å². The van der Waals surface area contributed by atoms with Gasteiger partial charge in [0.15, 0.2) is 17.5 Å². The summed E-state index contributed by atoms with van der Waals surface area (Å²) in [5, 5.41) is 13.1. The Balaban J connectivity index is 1.80. The van der Waals surface area contributed by atoms with Crippen molar-refractivity contribution in [3.63, 3.8) is 0 Å². The molecule has 1 atom stereocenters. The lowest BCUT2D eigenvalue weighted by atomic mass is 10.0. The molecule has 0 unspecified atom stereocenters. The number of piperazine rings is 1. The van der Waals surface area contributed by atoms with E-state index in [1.807, 2.05) is 0 Å². The van der Waals surface area contributed by atoms with Crippen LogP contribution in [0.2, 0.25) is 0 Å². The predicted octanol–water partition coefficient (Wildman–Crippen LogP) is -0.683.